The second-order valence-electron chi connectivity index (χ2n) is 4.00. The molecule has 0 aliphatic heterocycles. The van der Waals surface area contributed by atoms with Gasteiger partial charge in [-0.1, -0.05) is 35.9 Å². The predicted octanol–water partition coefficient (Wildman–Crippen LogP) is 3.37. The van der Waals surface area contributed by atoms with Gasteiger partial charge in [0.1, 0.15) is 10.8 Å². The van der Waals surface area contributed by atoms with E-state index in [-0.39, 0.29) is 5.91 Å². The highest BCUT2D eigenvalue weighted by Gasteiger charge is 2.15. The van der Waals surface area contributed by atoms with Gasteiger partial charge in [0.15, 0.2) is 0 Å². The number of carbonyl (C=O) groups excluding carboxylic acids is 1. The van der Waals surface area contributed by atoms with Gasteiger partial charge in [0.25, 0.3) is 5.91 Å². The van der Waals surface area contributed by atoms with Crippen molar-refractivity contribution in [1.82, 2.24) is 9.88 Å². The lowest BCUT2D eigenvalue weighted by Gasteiger charge is -2.18. The Kier molecular flexibility index (Phi) is 3.82. The molecule has 0 spiro atoms. The largest absolute Gasteiger partial charge is 0.338 e. The van der Waals surface area contributed by atoms with Crippen LogP contribution < -0.4 is 0 Å². The minimum Gasteiger partial charge on any atom is -0.338 e. The molecule has 4 heteroatoms. The van der Waals surface area contributed by atoms with E-state index in [1.165, 1.54) is 0 Å². The van der Waals surface area contributed by atoms with Gasteiger partial charge in [-0.3, -0.25) is 4.79 Å². The first-order valence-electron chi connectivity index (χ1n) is 6.02. The molecule has 1 amide bonds. The number of pyridine rings is 1. The summed E-state index contributed by atoms with van der Waals surface area (Å²) < 4.78 is 0. The predicted molar refractivity (Wildman–Crippen MR) is 74.0 cm³/mol. The van der Waals surface area contributed by atoms with Crippen molar-refractivity contribution < 1.29 is 4.79 Å². The lowest BCUT2D eigenvalue weighted by molar-refractivity contribution is 0.0767. The van der Waals surface area contributed by atoms with Gasteiger partial charge < -0.3 is 4.90 Å². The zero-order valence-corrected chi connectivity index (χ0v) is 11.2. The molecule has 2 aromatic rings. The van der Waals surface area contributed by atoms with E-state index in [2.05, 4.69) is 4.98 Å². The maximum Gasteiger partial charge on any atom is 0.272 e. The van der Waals surface area contributed by atoms with Crippen LogP contribution in [0.3, 0.4) is 0 Å². The topological polar surface area (TPSA) is 33.2 Å². The summed E-state index contributed by atoms with van der Waals surface area (Å²) in [5.41, 5.74) is 0.405. The lowest BCUT2D eigenvalue weighted by atomic mass is 10.1. The normalized spacial score (nSPS) is 10.6. The van der Waals surface area contributed by atoms with Gasteiger partial charge in [-0.05, 0) is 25.3 Å². The highest BCUT2D eigenvalue weighted by Crippen LogP contribution is 2.22. The molecule has 0 N–H and O–H groups in total. The molecule has 0 saturated heterocycles. The van der Waals surface area contributed by atoms with Crippen molar-refractivity contribution in [3.05, 3.63) is 41.2 Å². The first kappa shape index (κ1) is 12.8. The zero-order valence-electron chi connectivity index (χ0n) is 10.5. The molecule has 94 valence electrons. The molecule has 1 heterocycles. The van der Waals surface area contributed by atoms with Crippen LogP contribution in [0.1, 0.15) is 24.3 Å². The van der Waals surface area contributed by atoms with E-state index in [0.29, 0.717) is 23.9 Å². The van der Waals surface area contributed by atoms with E-state index in [0.717, 1.165) is 10.8 Å². The summed E-state index contributed by atoms with van der Waals surface area (Å²) in [5.74, 6) is -0.0762. The number of halogens is 1. The molecule has 0 saturated carbocycles. The minimum absolute atomic E-state index is 0.0762. The summed E-state index contributed by atoms with van der Waals surface area (Å²) in [6.07, 6.45) is 0. The van der Waals surface area contributed by atoms with Crippen LogP contribution in [-0.2, 0) is 0 Å². The van der Waals surface area contributed by atoms with Gasteiger partial charge in [-0.2, -0.15) is 0 Å². The van der Waals surface area contributed by atoms with Crippen LogP contribution in [0.4, 0.5) is 0 Å². The lowest BCUT2D eigenvalue weighted by Crippen LogP contribution is -2.31. The Hall–Kier alpha value is -1.61. The number of carbonyl (C=O) groups is 1. The molecule has 0 radical (unpaired) electrons. The van der Waals surface area contributed by atoms with Crippen molar-refractivity contribution in [2.75, 3.05) is 13.1 Å². The molecule has 3 nitrogen and oxygen atoms in total. The highest BCUT2D eigenvalue weighted by atomic mass is 35.5. The van der Waals surface area contributed by atoms with Crippen molar-refractivity contribution in [3.63, 3.8) is 0 Å². The molecular formula is C14H15ClN2O. The van der Waals surface area contributed by atoms with Gasteiger partial charge in [0.05, 0.1) is 0 Å². The van der Waals surface area contributed by atoms with Crippen molar-refractivity contribution in [1.29, 1.82) is 0 Å². The molecular weight excluding hydrogens is 248 g/mol. The summed E-state index contributed by atoms with van der Waals surface area (Å²) in [6.45, 7) is 5.23. The molecule has 2 rings (SSSR count). The SMILES string of the molecule is CCN(CC)C(=O)c1cc2ccccc2c(Cl)n1. The van der Waals surface area contributed by atoms with Gasteiger partial charge >= 0.3 is 0 Å². The van der Waals surface area contributed by atoms with Crippen molar-refractivity contribution in [2.45, 2.75) is 13.8 Å². The molecule has 1 aromatic carbocycles. The van der Waals surface area contributed by atoms with Gasteiger partial charge in [0, 0.05) is 18.5 Å². The number of amides is 1. The molecule has 0 bridgehead atoms. The number of nitrogens with zero attached hydrogens (tertiary/aromatic N) is 2. The Morgan fingerprint density at radius 2 is 1.94 bits per heavy atom. The van der Waals surface area contributed by atoms with E-state index in [1.807, 2.05) is 38.1 Å². The third-order valence-electron chi connectivity index (χ3n) is 2.96. The average Bonchev–Trinajstić information content (AvgIpc) is 2.40. The summed E-state index contributed by atoms with van der Waals surface area (Å²) in [5, 5.41) is 2.19. The van der Waals surface area contributed by atoms with Crippen LogP contribution in [-0.4, -0.2) is 28.9 Å². The monoisotopic (exact) mass is 262 g/mol. The Balaban J connectivity index is 2.49. The number of rotatable bonds is 3. The smallest absolute Gasteiger partial charge is 0.272 e. The number of fused-ring (bicyclic) bond motifs is 1. The second kappa shape index (κ2) is 5.36. The Labute approximate surface area is 111 Å². The van der Waals surface area contributed by atoms with E-state index >= 15 is 0 Å². The molecule has 0 fully saturated rings. The third-order valence-corrected chi connectivity index (χ3v) is 3.25. The molecule has 18 heavy (non-hydrogen) atoms. The first-order chi connectivity index (χ1) is 8.67. The summed E-state index contributed by atoms with van der Waals surface area (Å²) in [4.78, 5) is 18.1. The van der Waals surface area contributed by atoms with Gasteiger partial charge in [0.2, 0.25) is 0 Å². The Bertz CT molecular complexity index is 579. The van der Waals surface area contributed by atoms with Crippen LogP contribution in [0.15, 0.2) is 30.3 Å². The second-order valence-corrected chi connectivity index (χ2v) is 4.35. The molecule has 0 unspecified atom stereocenters. The van der Waals surface area contributed by atoms with E-state index in [1.54, 1.807) is 11.0 Å². The van der Waals surface area contributed by atoms with Crippen molar-refractivity contribution in [2.24, 2.45) is 0 Å². The number of hydrogen-bond donors (Lipinski definition) is 0. The maximum atomic E-state index is 12.2. The summed E-state index contributed by atoms with van der Waals surface area (Å²) in [7, 11) is 0. The van der Waals surface area contributed by atoms with Crippen LogP contribution >= 0.6 is 11.6 Å². The van der Waals surface area contributed by atoms with Crippen molar-refractivity contribution >= 4 is 28.3 Å². The van der Waals surface area contributed by atoms with E-state index in [4.69, 9.17) is 11.6 Å². The average molecular weight is 263 g/mol. The fourth-order valence-corrected chi connectivity index (χ4v) is 2.20. The number of hydrogen-bond acceptors (Lipinski definition) is 2. The molecule has 0 aliphatic carbocycles. The standard InChI is InChI=1S/C14H15ClN2O/c1-3-17(4-2)14(18)12-9-10-7-5-6-8-11(10)13(15)16-12/h5-9H,3-4H2,1-2H3. The quantitative estimate of drug-likeness (QED) is 0.795. The fourth-order valence-electron chi connectivity index (χ4n) is 1.94. The molecule has 1 aromatic heterocycles. The maximum absolute atomic E-state index is 12.2. The first-order valence-corrected chi connectivity index (χ1v) is 6.39. The van der Waals surface area contributed by atoms with Gasteiger partial charge in [-0.25, -0.2) is 4.98 Å². The molecule has 0 aliphatic rings. The third kappa shape index (κ3) is 2.31. The van der Waals surface area contributed by atoms with E-state index < -0.39 is 0 Å². The molecule has 0 atom stereocenters. The fraction of sp³-hybridized carbons (Fsp3) is 0.286. The highest BCUT2D eigenvalue weighted by molar-refractivity contribution is 6.34. The minimum atomic E-state index is -0.0762. The number of aromatic nitrogens is 1. The Morgan fingerprint density at radius 1 is 1.28 bits per heavy atom. The number of benzene rings is 1. The van der Waals surface area contributed by atoms with Gasteiger partial charge in [-0.15, -0.1) is 0 Å². The van der Waals surface area contributed by atoms with Crippen LogP contribution in [0.2, 0.25) is 5.15 Å². The summed E-state index contributed by atoms with van der Waals surface area (Å²) in [6, 6.07) is 9.45. The van der Waals surface area contributed by atoms with Crippen LogP contribution in [0.5, 0.6) is 0 Å². The Morgan fingerprint density at radius 3 is 2.61 bits per heavy atom. The van der Waals surface area contributed by atoms with Crippen LogP contribution in [0, 0.1) is 0 Å². The zero-order chi connectivity index (χ0) is 13.1. The van der Waals surface area contributed by atoms with Crippen molar-refractivity contribution in [3.8, 4) is 0 Å². The van der Waals surface area contributed by atoms with E-state index in [9.17, 15) is 4.79 Å². The summed E-state index contributed by atoms with van der Waals surface area (Å²) >= 11 is 6.12. The van der Waals surface area contributed by atoms with Crippen LogP contribution in [0.25, 0.3) is 10.8 Å².